The van der Waals surface area contributed by atoms with Crippen molar-refractivity contribution in [1.29, 1.82) is 0 Å². The summed E-state index contributed by atoms with van der Waals surface area (Å²) in [7, 11) is 0. The highest BCUT2D eigenvalue weighted by molar-refractivity contribution is 6.37. The molecule has 0 spiro atoms. The van der Waals surface area contributed by atoms with Crippen LogP contribution in [0.15, 0.2) is 36.3 Å². The highest BCUT2D eigenvalue weighted by Gasteiger charge is 2.37. The second-order valence-corrected chi connectivity index (χ2v) is 6.78. The number of amides is 1. The number of pyridine rings is 2. The minimum atomic E-state index is -2.01. The minimum absolute atomic E-state index is 0.114. The molecule has 0 fully saturated rings. The molecule has 3 rings (SSSR count). The summed E-state index contributed by atoms with van der Waals surface area (Å²) in [6.45, 7) is 1.06. The van der Waals surface area contributed by atoms with E-state index in [-0.39, 0.29) is 21.6 Å². The van der Waals surface area contributed by atoms with E-state index < -0.39 is 35.6 Å². The number of carbonyl (C=O) groups excluding carboxylic acids is 1. The predicted octanol–water partition coefficient (Wildman–Crippen LogP) is 4.50. The summed E-state index contributed by atoms with van der Waals surface area (Å²) in [5, 5.41) is -1.21. The Hall–Kier alpha value is -1.80. The third-order valence-electron chi connectivity index (χ3n) is 3.69. The number of halogens is 5. The minimum Gasteiger partial charge on any atom is -0.366 e. The number of rotatable bonds is 4. The van der Waals surface area contributed by atoms with Gasteiger partial charge in [-0.05, 0) is 13.0 Å². The van der Waals surface area contributed by atoms with E-state index in [4.69, 9.17) is 40.9 Å². The number of nitrogens with zero attached hydrogens (tertiary/aromatic N) is 3. The number of ether oxygens (including phenoxy) is 1. The van der Waals surface area contributed by atoms with E-state index >= 15 is 0 Å². The Morgan fingerprint density at radius 3 is 2.74 bits per heavy atom. The van der Waals surface area contributed by atoms with Crippen molar-refractivity contribution in [1.82, 2.24) is 9.97 Å². The van der Waals surface area contributed by atoms with Crippen molar-refractivity contribution in [3.05, 3.63) is 63.8 Å². The Morgan fingerprint density at radius 1 is 1.30 bits per heavy atom. The van der Waals surface area contributed by atoms with Crippen LogP contribution in [-0.4, -0.2) is 27.3 Å². The zero-order valence-corrected chi connectivity index (χ0v) is 16.0. The normalized spacial score (nSPS) is 23.3. The molecule has 27 heavy (non-hydrogen) atoms. The molecule has 2 aromatic heterocycles. The molecule has 1 aliphatic rings. The number of hydrogen-bond donors (Lipinski definition) is 0. The van der Waals surface area contributed by atoms with Crippen LogP contribution in [0.5, 0.6) is 0 Å². The molecule has 0 bridgehead atoms. The van der Waals surface area contributed by atoms with Gasteiger partial charge in [-0.2, -0.15) is 0 Å². The van der Waals surface area contributed by atoms with Gasteiger partial charge in [-0.25, -0.2) is 13.8 Å². The lowest BCUT2D eigenvalue weighted by Gasteiger charge is -2.34. The fourth-order valence-electron chi connectivity index (χ4n) is 2.45. The highest BCUT2D eigenvalue weighted by atomic mass is 35.5. The fourth-order valence-corrected chi connectivity index (χ4v) is 3.02. The van der Waals surface area contributed by atoms with E-state index in [1.807, 2.05) is 0 Å². The summed E-state index contributed by atoms with van der Waals surface area (Å²) in [5.41, 5.74) is 0.328. The van der Waals surface area contributed by atoms with Gasteiger partial charge in [0, 0.05) is 24.0 Å². The highest BCUT2D eigenvalue weighted by Crippen LogP contribution is 2.34. The molecule has 142 valence electrons. The lowest BCUT2D eigenvalue weighted by molar-refractivity contribution is -0.120. The van der Waals surface area contributed by atoms with E-state index in [1.165, 1.54) is 23.2 Å². The van der Waals surface area contributed by atoms with Gasteiger partial charge in [0.1, 0.15) is 33.9 Å². The average Bonchev–Trinajstić information content (AvgIpc) is 2.62. The number of carbonyl (C=O) groups is 1. The van der Waals surface area contributed by atoms with Crippen molar-refractivity contribution in [3.63, 3.8) is 0 Å². The van der Waals surface area contributed by atoms with Crippen molar-refractivity contribution in [2.75, 3.05) is 4.90 Å². The lowest BCUT2D eigenvalue weighted by atomic mass is 10.1. The predicted molar refractivity (Wildman–Crippen MR) is 97.9 cm³/mol. The van der Waals surface area contributed by atoms with E-state index in [0.29, 0.717) is 11.8 Å². The monoisotopic (exact) mass is 434 g/mol. The number of aromatic nitrogens is 2. The summed E-state index contributed by atoms with van der Waals surface area (Å²) in [5.74, 6) is -2.46. The summed E-state index contributed by atoms with van der Waals surface area (Å²) in [6.07, 6.45) is 1.38. The average molecular weight is 436 g/mol. The van der Waals surface area contributed by atoms with Crippen molar-refractivity contribution >= 4 is 46.4 Å². The van der Waals surface area contributed by atoms with Gasteiger partial charge in [0.05, 0.1) is 24.9 Å². The maximum atomic E-state index is 13.7. The van der Waals surface area contributed by atoms with Gasteiger partial charge in [0.15, 0.2) is 0 Å². The molecule has 0 N–H and O–H groups in total. The van der Waals surface area contributed by atoms with Crippen LogP contribution in [0.25, 0.3) is 0 Å². The molecule has 0 saturated carbocycles. The van der Waals surface area contributed by atoms with E-state index in [0.717, 1.165) is 6.20 Å². The molecule has 0 aliphatic carbocycles. The maximum absolute atomic E-state index is 13.7. The molecule has 10 heteroatoms. The van der Waals surface area contributed by atoms with Crippen LogP contribution in [0.2, 0.25) is 10.2 Å². The standard InChI is InChI=1S/C17H12Cl3F2N3O2/c1-8-2-14(27-7-12-11(22)3-9(21)5-23-12)16(20)17(26)25(8)13-4-15(19)24-6-10(13)18/h2-6,14,16H,7H2,1H3/i14D. The van der Waals surface area contributed by atoms with Crippen molar-refractivity contribution in [2.45, 2.75) is 25.0 Å². The van der Waals surface area contributed by atoms with E-state index in [1.54, 1.807) is 6.92 Å². The molecule has 1 aliphatic heterocycles. The summed E-state index contributed by atoms with van der Waals surface area (Å²) >= 11 is 18.2. The Labute approximate surface area is 169 Å². The zero-order chi connectivity index (χ0) is 20.6. The Bertz CT molecular complexity index is 979. The second kappa shape index (κ2) is 8.06. The van der Waals surface area contributed by atoms with Crippen molar-refractivity contribution in [2.24, 2.45) is 0 Å². The van der Waals surface area contributed by atoms with Gasteiger partial charge < -0.3 is 4.74 Å². The summed E-state index contributed by atoms with van der Waals surface area (Å²) in [4.78, 5) is 21.4. The number of allylic oxidation sites excluding steroid dienone is 1. The van der Waals surface area contributed by atoms with Gasteiger partial charge >= 0.3 is 0 Å². The molecule has 0 radical (unpaired) electrons. The van der Waals surface area contributed by atoms with Crippen LogP contribution in [-0.2, 0) is 16.1 Å². The third-order valence-corrected chi connectivity index (χ3v) is 4.59. The molecule has 5 nitrogen and oxygen atoms in total. The number of hydrogen-bond acceptors (Lipinski definition) is 4. The Kier molecular flexibility index (Phi) is 5.54. The Balaban J connectivity index is 1.90. The van der Waals surface area contributed by atoms with Gasteiger partial charge in [0.2, 0.25) is 0 Å². The van der Waals surface area contributed by atoms with Crippen LogP contribution < -0.4 is 4.90 Å². The quantitative estimate of drug-likeness (QED) is 0.524. The molecule has 3 heterocycles. The van der Waals surface area contributed by atoms with Crippen LogP contribution in [0.1, 0.15) is 14.0 Å². The molecular weight excluding hydrogens is 423 g/mol. The topological polar surface area (TPSA) is 55.3 Å². The SMILES string of the molecule is [2H]C1(OCc2ncc(F)cc2F)C=C(C)N(c2cc(Cl)ncc2Cl)C(=O)C1Cl. The first-order chi connectivity index (χ1) is 13.1. The second-order valence-electron chi connectivity index (χ2n) is 5.55. The molecule has 1 amide bonds. The zero-order valence-electron chi connectivity index (χ0n) is 14.7. The first-order valence-corrected chi connectivity index (χ1v) is 8.74. The molecular formula is C17H12Cl3F2N3O2. The summed E-state index contributed by atoms with van der Waals surface area (Å²) in [6, 6.07) is 2.03. The number of alkyl halides is 1. The largest absolute Gasteiger partial charge is 0.366 e. The first kappa shape index (κ1) is 18.6. The van der Waals surface area contributed by atoms with Gasteiger partial charge in [-0.3, -0.25) is 14.7 Å². The molecule has 2 atom stereocenters. The third kappa shape index (κ3) is 4.21. The van der Waals surface area contributed by atoms with Gasteiger partial charge in [-0.1, -0.05) is 23.2 Å². The maximum Gasteiger partial charge on any atom is 0.252 e. The molecule has 2 unspecified atom stereocenters. The van der Waals surface area contributed by atoms with Crippen LogP contribution >= 0.6 is 34.8 Å². The summed E-state index contributed by atoms with van der Waals surface area (Å²) < 4.78 is 40.5. The van der Waals surface area contributed by atoms with Gasteiger partial charge in [0.25, 0.3) is 5.91 Å². The van der Waals surface area contributed by atoms with Crippen LogP contribution in [0, 0.1) is 11.6 Å². The molecule has 2 aromatic rings. The molecule has 0 aromatic carbocycles. The van der Waals surface area contributed by atoms with E-state index in [9.17, 15) is 13.6 Å². The first-order valence-electron chi connectivity index (χ1n) is 8.05. The Morgan fingerprint density at radius 2 is 2.04 bits per heavy atom. The molecule has 0 saturated heterocycles. The van der Waals surface area contributed by atoms with Crippen LogP contribution in [0.4, 0.5) is 14.5 Å². The smallest absolute Gasteiger partial charge is 0.252 e. The van der Waals surface area contributed by atoms with Crippen molar-refractivity contribution in [3.8, 4) is 0 Å². The van der Waals surface area contributed by atoms with Crippen molar-refractivity contribution < 1.29 is 19.7 Å². The van der Waals surface area contributed by atoms with Crippen LogP contribution in [0.3, 0.4) is 0 Å². The van der Waals surface area contributed by atoms with Gasteiger partial charge in [-0.15, -0.1) is 11.6 Å². The van der Waals surface area contributed by atoms with E-state index in [2.05, 4.69) is 9.97 Å². The lowest BCUT2D eigenvalue weighted by Crippen LogP contribution is -2.46. The number of anilines is 1. The fraction of sp³-hybridized carbons (Fsp3) is 0.235.